The van der Waals surface area contributed by atoms with Gasteiger partial charge in [0.1, 0.15) is 5.82 Å². The third-order valence-corrected chi connectivity index (χ3v) is 3.82. The first-order chi connectivity index (χ1) is 9.38. The minimum Gasteiger partial charge on any atom is -0.481 e. The van der Waals surface area contributed by atoms with Crippen molar-refractivity contribution in [2.24, 2.45) is 5.92 Å². The van der Waals surface area contributed by atoms with Crippen molar-refractivity contribution in [3.05, 3.63) is 34.6 Å². The van der Waals surface area contributed by atoms with Gasteiger partial charge in [0.15, 0.2) is 0 Å². The molecule has 1 saturated heterocycles. The largest absolute Gasteiger partial charge is 0.481 e. The van der Waals surface area contributed by atoms with Crippen LogP contribution in [0.2, 0.25) is 5.02 Å². The smallest absolute Gasteiger partial charge is 0.308 e. The molecule has 1 aromatic carbocycles. The summed E-state index contributed by atoms with van der Waals surface area (Å²) < 4.78 is 13.3. The highest BCUT2D eigenvalue weighted by Crippen LogP contribution is 2.25. The van der Waals surface area contributed by atoms with E-state index < -0.39 is 17.7 Å². The van der Waals surface area contributed by atoms with Gasteiger partial charge in [0.25, 0.3) is 5.91 Å². The molecule has 108 valence electrons. The molecule has 4 nitrogen and oxygen atoms in total. The Kier molecular flexibility index (Phi) is 4.28. The van der Waals surface area contributed by atoms with E-state index in [2.05, 4.69) is 0 Å². The molecule has 2 unspecified atom stereocenters. The predicted octanol–water partition coefficient (Wildman–Crippen LogP) is 2.80. The zero-order valence-electron chi connectivity index (χ0n) is 11.0. The van der Waals surface area contributed by atoms with Gasteiger partial charge in [-0.25, -0.2) is 4.39 Å². The van der Waals surface area contributed by atoms with Crippen LogP contribution in [0.25, 0.3) is 0 Å². The van der Waals surface area contributed by atoms with Gasteiger partial charge in [-0.05, 0) is 38.0 Å². The highest BCUT2D eigenvalue weighted by molar-refractivity contribution is 6.31. The number of piperidine rings is 1. The van der Waals surface area contributed by atoms with Gasteiger partial charge in [0, 0.05) is 23.2 Å². The summed E-state index contributed by atoms with van der Waals surface area (Å²) in [7, 11) is 0. The summed E-state index contributed by atoms with van der Waals surface area (Å²) in [4.78, 5) is 24.9. The number of carboxylic acid groups (broad SMARTS) is 1. The van der Waals surface area contributed by atoms with Crippen LogP contribution in [-0.2, 0) is 4.79 Å². The van der Waals surface area contributed by atoms with E-state index in [0.717, 1.165) is 12.1 Å². The summed E-state index contributed by atoms with van der Waals surface area (Å²) in [5, 5.41) is 9.21. The van der Waals surface area contributed by atoms with Crippen LogP contribution in [0, 0.1) is 11.7 Å². The van der Waals surface area contributed by atoms with Crippen molar-refractivity contribution in [3.8, 4) is 0 Å². The molecule has 1 amide bonds. The van der Waals surface area contributed by atoms with Gasteiger partial charge in [0.2, 0.25) is 0 Å². The fourth-order valence-corrected chi connectivity index (χ4v) is 2.66. The Morgan fingerprint density at radius 3 is 2.65 bits per heavy atom. The van der Waals surface area contributed by atoms with Crippen molar-refractivity contribution in [1.82, 2.24) is 4.90 Å². The van der Waals surface area contributed by atoms with Crippen LogP contribution < -0.4 is 0 Å². The van der Waals surface area contributed by atoms with Crippen LogP contribution in [0.5, 0.6) is 0 Å². The minimum atomic E-state index is -0.910. The van der Waals surface area contributed by atoms with Gasteiger partial charge in [-0.3, -0.25) is 9.59 Å². The molecule has 0 aromatic heterocycles. The number of aliphatic carboxylic acids is 1. The van der Waals surface area contributed by atoms with Crippen LogP contribution in [0.15, 0.2) is 18.2 Å². The van der Waals surface area contributed by atoms with Gasteiger partial charge >= 0.3 is 5.97 Å². The zero-order valence-corrected chi connectivity index (χ0v) is 11.7. The number of hydrogen-bond donors (Lipinski definition) is 1. The summed E-state index contributed by atoms with van der Waals surface area (Å²) in [5.74, 6) is -2.45. The van der Waals surface area contributed by atoms with Crippen LogP contribution in [-0.4, -0.2) is 34.5 Å². The molecule has 1 aliphatic rings. The average molecular weight is 300 g/mol. The van der Waals surface area contributed by atoms with E-state index in [9.17, 15) is 14.0 Å². The van der Waals surface area contributed by atoms with Crippen molar-refractivity contribution >= 4 is 23.5 Å². The van der Waals surface area contributed by atoms with E-state index >= 15 is 0 Å². The Balaban J connectivity index is 2.24. The lowest BCUT2D eigenvalue weighted by Gasteiger charge is -2.36. The van der Waals surface area contributed by atoms with Gasteiger partial charge in [0.05, 0.1) is 5.92 Å². The SMILES string of the molecule is CC1CCC(C(=O)O)CN1C(=O)c1cc(F)cc(Cl)c1. The molecule has 2 rings (SSSR count). The first-order valence-electron chi connectivity index (χ1n) is 6.38. The second-order valence-electron chi connectivity index (χ2n) is 5.08. The van der Waals surface area contributed by atoms with Gasteiger partial charge in [-0.2, -0.15) is 0 Å². The van der Waals surface area contributed by atoms with E-state index in [-0.39, 0.29) is 29.1 Å². The number of hydrogen-bond acceptors (Lipinski definition) is 2. The lowest BCUT2D eigenvalue weighted by Crippen LogP contribution is -2.47. The molecule has 0 saturated carbocycles. The molecule has 20 heavy (non-hydrogen) atoms. The normalized spacial score (nSPS) is 22.6. The number of amides is 1. The second kappa shape index (κ2) is 5.79. The molecule has 1 N–H and O–H groups in total. The zero-order chi connectivity index (χ0) is 14.9. The highest BCUT2D eigenvalue weighted by Gasteiger charge is 2.33. The van der Waals surface area contributed by atoms with E-state index in [1.807, 2.05) is 6.92 Å². The number of benzene rings is 1. The number of likely N-dealkylation sites (tertiary alicyclic amines) is 1. The maximum absolute atomic E-state index is 13.3. The Morgan fingerprint density at radius 2 is 2.05 bits per heavy atom. The number of nitrogens with zero attached hydrogens (tertiary/aromatic N) is 1. The molecule has 1 fully saturated rings. The third-order valence-electron chi connectivity index (χ3n) is 3.60. The van der Waals surface area contributed by atoms with Crippen molar-refractivity contribution in [3.63, 3.8) is 0 Å². The lowest BCUT2D eigenvalue weighted by molar-refractivity contribution is -0.143. The quantitative estimate of drug-likeness (QED) is 0.913. The topological polar surface area (TPSA) is 57.6 Å². The first-order valence-corrected chi connectivity index (χ1v) is 6.76. The van der Waals surface area contributed by atoms with Crippen LogP contribution in [0.3, 0.4) is 0 Å². The molecule has 1 aromatic rings. The summed E-state index contributed by atoms with van der Waals surface area (Å²) in [6, 6.07) is 3.56. The third kappa shape index (κ3) is 3.10. The lowest BCUT2D eigenvalue weighted by atomic mass is 9.93. The van der Waals surface area contributed by atoms with Crippen LogP contribution in [0.1, 0.15) is 30.1 Å². The van der Waals surface area contributed by atoms with Crippen molar-refractivity contribution < 1.29 is 19.1 Å². The van der Waals surface area contributed by atoms with Crippen molar-refractivity contribution in [2.45, 2.75) is 25.8 Å². The summed E-state index contributed by atoms with van der Waals surface area (Å²) in [6.07, 6.45) is 1.16. The number of carbonyl (C=O) groups is 2. The molecule has 6 heteroatoms. The Labute approximate surface area is 121 Å². The highest BCUT2D eigenvalue weighted by atomic mass is 35.5. The van der Waals surface area contributed by atoms with E-state index in [0.29, 0.717) is 12.8 Å². The molecule has 1 aliphatic heterocycles. The van der Waals surface area contributed by atoms with Gasteiger partial charge in [-0.15, -0.1) is 0 Å². The van der Waals surface area contributed by atoms with Crippen molar-refractivity contribution in [2.75, 3.05) is 6.54 Å². The molecule has 0 radical (unpaired) electrons. The van der Waals surface area contributed by atoms with Gasteiger partial charge in [-0.1, -0.05) is 11.6 Å². The Hall–Kier alpha value is -1.62. The maximum atomic E-state index is 13.3. The molecular formula is C14H15ClFNO3. The Morgan fingerprint density at radius 1 is 1.35 bits per heavy atom. The van der Waals surface area contributed by atoms with Crippen LogP contribution >= 0.6 is 11.6 Å². The number of carbonyl (C=O) groups excluding carboxylic acids is 1. The number of carboxylic acids is 1. The van der Waals surface area contributed by atoms with E-state index in [4.69, 9.17) is 16.7 Å². The standard InChI is InChI=1S/C14H15ClFNO3/c1-8-2-3-9(14(19)20)7-17(8)13(18)10-4-11(15)6-12(16)5-10/h4-6,8-9H,2-3,7H2,1H3,(H,19,20). The minimum absolute atomic E-state index is 0.0693. The first kappa shape index (κ1) is 14.8. The second-order valence-corrected chi connectivity index (χ2v) is 5.51. The fraction of sp³-hybridized carbons (Fsp3) is 0.429. The molecule has 2 atom stereocenters. The van der Waals surface area contributed by atoms with Crippen molar-refractivity contribution in [1.29, 1.82) is 0 Å². The molecule has 0 spiro atoms. The summed E-state index contributed by atoms with van der Waals surface area (Å²) in [6.45, 7) is 2.00. The van der Waals surface area contributed by atoms with E-state index in [1.165, 1.54) is 11.0 Å². The summed E-state index contributed by atoms with van der Waals surface area (Å²) in [5.41, 5.74) is 0.146. The summed E-state index contributed by atoms with van der Waals surface area (Å²) >= 11 is 5.74. The fourth-order valence-electron chi connectivity index (χ4n) is 2.43. The van der Waals surface area contributed by atoms with E-state index in [1.54, 1.807) is 0 Å². The monoisotopic (exact) mass is 299 g/mol. The molecular weight excluding hydrogens is 285 g/mol. The Bertz CT molecular complexity index is 529. The average Bonchev–Trinajstić information content (AvgIpc) is 2.37. The van der Waals surface area contributed by atoms with Gasteiger partial charge < -0.3 is 10.0 Å². The maximum Gasteiger partial charge on any atom is 0.308 e. The van der Waals surface area contributed by atoms with Crippen LogP contribution in [0.4, 0.5) is 4.39 Å². The number of rotatable bonds is 2. The molecule has 0 bridgehead atoms. The predicted molar refractivity (Wildman–Crippen MR) is 72.3 cm³/mol. The number of halogens is 2. The molecule has 0 aliphatic carbocycles. The molecule has 1 heterocycles.